The fourth-order valence-electron chi connectivity index (χ4n) is 1.52. The molecule has 15 heavy (non-hydrogen) atoms. The van der Waals surface area contributed by atoms with Gasteiger partial charge in [-0.3, -0.25) is 0 Å². The van der Waals surface area contributed by atoms with Crippen LogP contribution in [0.25, 0.3) is 0 Å². The van der Waals surface area contributed by atoms with Crippen LogP contribution in [0.4, 0.5) is 0 Å². The van der Waals surface area contributed by atoms with Gasteiger partial charge in [-0.05, 0) is 18.1 Å². The second-order valence-electron chi connectivity index (χ2n) is 4.14. The van der Waals surface area contributed by atoms with Crippen molar-refractivity contribution in [2.45, 2.75) is 26.4 Å². The lowest BCUT2D eigenvalue weighted by Gasteiger charge is -2.33. The van der Waals surface area contributed by atoms with E-state index in [2.05, 4.69) is 15.9 Å². The topological polar surface area (TPSA) is 46.2 Å². The lowest BCUT2D eigenvalue weighted by Crippen LogP contribution is -2.33. The van der Waals surface area contributed by atoms with Crippen molar-refractivity contribution in [1.82, 2.24) is 0 Å². The van der Waals surface area contributed by atoms with E-state index < -0.39 is 6.10 Å². The predicted molar refractivity (Wildman–Crippen MR) is 66.6 cm³/mol. The van der Waals surface area contributed by atoms with Crippen molar-refractivity contribution < 1.29 is 5.11 Å². The molecule has 1 aromatic rings. The molecule has 0 saturated heterocycles. The Labute approximate surface area is 99.6 Å². The summed E-state index contributed by atoms with van der Waals surface area (Å²) in [7, 11) is 0. The van der Waals surface area contributed by atoms with Crippen LogP contribution in [-0.2, 0) is 0 Å². The molecule has 3 N–H and O–H groups in total. The van der Waals surface area contributed by atoms with Crippen molar-refractivity contribution in [3.05, 3.63) is 34.3 Å². The summed E-state index contributed by atoms with van der Waals surface area (Å²) < 4.78 is 0.936. The summed E-state index contributed by atoms with van der Waals surface area (Å²) in [6, 6.07) is 7.73. The third-order valence-corrected chi connectivity index (χ3v) is 3.86. The van der Waals surface area contributed by atoms with Gasteiger partial charge < -0.3 is 10.8 Å². The fourth-order valence-corrected chi connectivity index (χ4v) is 2.02. The maximum Gasteiger partial charge on any atom is 0.0866 e. The monoisotopic (exact) mass is 271 g/mol. The maximum atomic E-state index is 10.3. The van der Waals surface area contributed by atoms with Gasteiger partial charge in [0.05, 0.1) is 6.10 Å². The molecule has 0 aliphatic heterocycles. The predicted octanol–water partition coefficient (Wildman–Crippen LogP) is 2.86. The molecule has 0 radical (unpaired) electrons. The first-order valence-corrected chi connectivity index (χ1v) is 5.97. The Hall–Kier alpha value is -0.380. The molecule has 0 bridgehead atoms. The van der Waals surface area contributed by atoms with E-state index in [0.29, 0.717) is 6.54 Å². The van der Waals surface area contributed by atoms with E-state index in [1.807, 2.05) is 38.1 Å². The van der Waals surface area contributed by atoms with Gasteiger partial charge in [0, 0.05) is 16.4 Å². The van der Waals surface area contributed by atoms with Crippen LogP contribution in [-0.4, -0.2) is 11.7 Å². The van der Waals surface area contributed by atoms with E-state index >= 15 is 0 Å². The Bertz CT molecular complexity index is 323. The molecule has 0 fully saturated rings. The van der Waals surface area contributed by atoms with Gasteiger partial charge in [-0.1, -0.05) is 48.0 Å². The number of benzene rings is 1. The van der Waals surface area contributed by atoms with Crippen LogP contribution in [0.1, 0.15) is 31.9 Å². The smallest absolute Gasteiger partial charge is 0.0866 e. The second-order valence-corrected chi connectivity index (χ2v) is 4.99. The molecule has 0 amide bonds. The van der Waals surface area contributed by atoms with Crippen molar-refractivity contribution in [1.29, 1.82) is 0 Å². The number of halogens is 1. The maximum absolute atomic E-state index is 10.3. The molecule has 2 unspecified atom stereocenters. The van der Waals surface area contributed by atoms with E-state index in [4.69, 9.17) is 5.73 Å². The Kier molecular flexibility index (Phi) is 4.32. The number of hydrogen-bond donors (Lipinski definition) is 2. The molecule has 3 heteroatoms. The van der Waals surface area contributed by atoms with Gasteiger partial charge in [0.1, 0.15) is 0 Å². The standard InChI is InChI=1S/C12H18BrNO/c1-3-12(2,8-14)11(15)9-6-4-5-7-10(9)13/h4-7,11,15H,3,8,14H2,1-2H3. The fraction of sp³-hybridized carbons (Fsp3) is 0.500. The lowest BCUT2D eigenvalue weighted by molar-refractivity contribution is 0.0386. The summed E-state index contributed by atoms with van der Waals surface area (Å²) in [4.78, 5) is 0. The van der Waals surface area contributed by atoms with Gasteiger partial charge >= 0.3 is 0 Å². The quantitative estimate of drug-likeness (QED) is 0.885. The van der Waals surface area contributed by atoms with Crippen LogP contribution in [0.5, 0.6) is 0 Å². The highest BCUT2D eigenvalue weighted by molar-refractivity contribution is 9.10. The van der Waals surface area contributed by atoms with Gasteiger partial charge in [0.15, 0.2) is 0 Å². The van der Waals surface area contributed by atoms with E-state index in [9.17, 15) is 5.11 Å². The minimum atomic E-state index is -0.525. The van der Waals surface area contributed by atoms with Crippen LogP contribution in [0.15, 0.2) is 28.7 Å². The molecule has 1 aromatic carbocycles. The molecular formula is C12H18BrNO. The van der Waals surface area contributed by atoms with Crippen molar-refractivity contribution in [3.8, 4) is 0 Å². The first-order valence-electron chi connectivity index (χ1n) is 5.17. The number of rotatable bonds is 4. The first-order chi connectivity index (χ1) is 7.05. The van der Waals surface area contributed by atoms with Crippen molar-refractivity contribution in [3.63, 3.8) is 0 Å². The Balaban J connectivity index is 3.03. The molecule has 0 aromatic heterocycles. The number of aliphatic hydroxyl groups is 1. The Morgan fingerprint density at radius 3 is 2.53 bits per heavy atom. The van der Waals surface area contributed by atoms with Gasteiger partial charge in [-0.25, -0.2) is 0 Å². The molecule has 0 saturated carbocycles. The minimum Gasteiger partial charge on any atom is -0.388 e. The largest absolute Gasteiger partial charge is 0.388 e. The summed E-state index contributed by atoms with van der Waals surface area (Å²) in [5.41, 5.74) is 6.38. The van der Waals surface area contributed by atoms with Crippen LogP contribution in [0.2, 0.25) is 0 Å². The van der Waals surface area contributed by atoms with Crippen LogP contribution in [0, 0.1) is 5.41 Å². The first kappa shape index (κ1) is 12.7. The van der Waals surface area contributed by atoms with Crippen LogP contribution in [0.3, 0.4) is 0 Å². The zero-order valence-electron chi connectivity index (χ0n) is 9.20. The highest BCUT2D eigenvalue weighted by Gasteiger charge is 2.31. The molecule has 1 rings (SSSR count). The normalized spacial score (nSPS) is 17.1. The molecule has 2 nitrogen and oxygen atoms in total. The molecule has 0 aliphatic rings. The van der Waals surface area contributed by atoms with Gasteiger partial charge in [0.2, 0.25) is 0 Å². The van der Waals surface area contributed by atoms with E-state index in [1.165, 1.54) is 0 Å². The lowest BCUT2D eigenvalue weighted by atomic mass is 9.78. The summed E-state index contributed by atoms with van der Waals surface area (Å²) in [6.45, 7) is 4.54. The molecule has 0 aliphatic carbocycles. The Morgan fingerprint density at radius 1 is 1.47 bits per heavy atom. The number of hydrogen-bond acceptors (Lipinski definition) is 2. The highest BCUT2D eigenvalue weighted by Crippen LogP contribution is 2.38. The molecule has 84 valence electrons. The molecular weight excluding hydrogens is 254 g/mol. The van der Waals surface area contributed by atoms with E-state index in [-0.39, 0.29) is 5.41 Å². The van der Waals surface area contributed by atoms with Gasteiger partial charge in [0.25, 0.3) is 0 Å². The Morgan fingerprint density at radius 2 is 2.07 bits per heavy atom. The summed E-state index contributed by atoms with van der Waals surface area (Å²) in [5, 5.41) is 10.3. The van der Waals surface area contributed by atoms with Crippen molar-refractivity contribution >= 4 is 15.9 Å². The average molecular weight is 272 g/mol. The van der Waals surface area contributed by atoms with Crippen LogP contribution >= 0.6 is 15.9 Å². The highest BCUT2D eigenvalue weighted by atomic mass is 79.9. The van der Waals surface area contributed by atoms with Crippen molar-refractivity contribution in [2.75, 3.05) is 6.54 Å². The van der Waals surface area contributed by atoms with Gasteiger partial charge in [-0.15, -0.1) is 0 Å². The summed E-state index contributed by atoms with van der Waals surface area (Å²) in [5.74, 6) is 0. The van der Waals surface area contributed by atoms with Gasteiger partial charge in [-0.2, -0.15) is 0 Å². The summed E-state index contributed by atoms with van der Waals surface area (Å²) in [6.07, 6.45) is 0.328. The molecule has 2 atom stereocenters. The van der Waals surface area contributed by atoms with Crippen LogP contribution < -0.4 is 5.73 Å². The second kappa shape index (κ2) is 5.10. The zero-order chi connectivity index (χ0) is 11.5. The average Bonchev–Trinajstić information content (AvgIpc) is 2.28. The summed E-state index contributed by atoms with van der Waals surface area (Å²) >= 11 is 3.45. The van der Waals surface area contributed by atoms with Crippen molar-refractivity contribution in [2.24, 2.45) is 11.1 Å². The molecule has 0 spiro atoms. The minimum absolute atomic E-state index is 0.260. The van der Waals surface area contributed by atoms with E-state index in [1.54, 1.807) is 0 Å². The zero-order valence-corrected chi connectivity index (χ0v) is 10.8. The third kappa shape index (κ3) is 2.60. The molecule has 0 heterocycles. The SMILES string of the molecule is CCC(C)(CN)C(O)c1ccccc1Br. The number of nitrogens with two attached hydrogens (primary N) is 1. The van der Waals surface area contributed by atoms with E-state index in [0.717, 1.165) is 16.5 Å². The number of aliphatic hydroxyl groups excluding tert-OH is 1. The third-order valence-electron chi connectivity index (χ3n) is 3.13.